The third-order valence-corrected chi connectivity index (χ3v) is 9.60. The first-order valence-corrected chi connectivity index (χ1v) is 19.8. The number of nitrogens with zero attached hydrogens (tertiary/aromatic N) is 2. The third kappa shape index (κ3) is 17.7. The Balaban J connectivity index is 2.22. The fraction of sp³-hybridized carbons (Fsp3) is 0.605. The molecule has 328 valence electrons. The monoisotopic (exact) mass is 830 g/mol. The van der Waals surface area contributed by atoms with E-state index in [0.717, 1.165) is 0 Å². The molecule has 0 aromatic heterocycles. The van der Waals surface area contributed by atoms with Gasteiger partial charge in [0.1, 0.15) is 30.2 Å². The average Bonchev–Trinajstić information content (AvgIpc) is 3.68. The van der Waals surface area contributed by atoms with Crippen LogP contribution in [0.4, 0.5) is 0 Å². The maximum Gasteiger partial charge on any atom is 0.326 e. The molecule has 0 aliphatic carbocycles. The molecular formula is C38H62N12O9. The molecule has 21 nitrogen and oxygen atoms in total. The average molecular weight is 831 g/mol. The lowest BCUT2D eigenvalue weighted by atomic mass is 10.0. The number of carbonyl (C=O) groups is 8. The zero-order valence-electron chi connectivity index (χ0n) is 33.8. The first-order valence-electron chi connectivity index (χ1n) is 19.8. The molecule has 1 aromatic rings. The van der Waals surface area contributed by atoms with Gasteiger partial charge in [-0.25, -0.2) is 4.79 Å². The van der Waals surface area contributed by atoms with Gasteiger partial charge < -0.3 is 65.3 Å². The van der Waals surface area contributed by atoms with Crippen molar-refractivity contribution in [2.24, 2.45) is 39.6 Å². The first kappa shape index (κ1) is 49.3. The molecule has 16 N–H and O–H groups in total. The summed E-state index contributed by atoms with van der Waals surface area (Å²) in [6.45, 7) is 3.41. The van der Waals surface area contributed by atoms with Crippen molar-refractivity contribution in [3.63, 3.8) is 0 Å². The largest absolute Gasteiger partial charge is 0.480 e. The molecule has 0 spiro atoms. The van der Waals surface area contributed by atoms with Gasteiger partial charge in [0.25, 0.3) is 0 Å². The molecule has 0 bridgehead atoms. The minimum Gasteiger partial charge on any atom is -0.480 e. The highest BCUT2D eigenvalue weighted by atomic mass is 16.4. The molecule has 0 saturated carbocycles. The van der Waals surface area contributed by atoms with Crippen LogP contribution in [-0.2, 0) is 44.8 Å². The molecule has 7 amide bonds. The van der Waals surface area contributed by atoms with Crippen molar-refractivity contribution < 1.29 is 43.5 Å². The van der Waals surface area contributed by atoms with E-state index >= 15 is 0 Å². The SMILES string of the molecule is CC(C)[C@H](NC(=O)[C@@H](N)CCC(N)=O)C(=O)N[C@@H](CCCN=C(N)N)C(=O)NCC(=O)N[C@@H](Cc1ccccc1)C(=O)N1CCC[C@H]1C(=O)N[C@@H](CCCCN)C(=O)O. The van der Waals surface area contributed by atoms with E-state index in [1.807, 2.05) is 0 Å². The van der Waals surface area contributed by atoms with Crippen molar-refractivity contribution >= 4 is 53.3 Å². The zero-order chi connectivity index (χ0) is 44.1. The Bertz CT molecular complexity index is 1620. The molecule has 1 aliphatic heterocycles. The molecule has 2 rings (SSSR count). The zero-order valence-corrected chi connectivity index (χ0v) is 33.8. The van der Waals surface area contributed by atoms with Crippen molar-refractivity contribution in [3.05, 3.63) is 35.9 Å². The lowest BCUT2D eigenvalue weighted by molar-refractivity contribution is -0.145. The summed E-state index contributed by atoms with van der Waals surface area (Å²) >= 11 is 0. The maximum atomic E-state index is 14.1. The summed E-state index contributed by atoms with van der Waals surface area (Å²) in [6.07, 6.45) is 2.11. The quantitative estimate of drug-likeness (QED) is 0.0249. The number of carboxylic acids is 1. The second kappa shape index (κ2) is 25.5. The second-order valence-electron chi connectivity index (χ2n) is 14.8. The molecule has 1 fully saturated rings. The van der Waals surface area contributed by atoms with Gasteiger partial charge >= 0.3 is 5.97 Å². The molecule has 21 heteroatoms. The standard InChI is InChI=1S/C38H62N12O9/c1-22(2)31(49-32(53)24(40)15-16-29(41)51)35(56)47-25(13-8-18-44-38(42)43)33(54)45-21-30(52)46-27(20-23-10-4-3-5-11-23)36(57)50-19-9-14-28(50)34(55)48-26(37(58)59)12-6-7-17-39/h3-5,10-11,22,24-28,31H,6-9,12-21,39-40H2,1-2H3,(H2,41,51)(H,45,54)(H,46,52)(H,47,56)(H,48,55)(H,49,53)(H,58,59)(H4,42,43,44)/t24-,25-,26-,27-,28-,31-/m0/s1. The number of unbranched alkanes of at least 4 members (excludes halogenated alkanes) is 1. The predicted octanol–water partition coefficient (Wildman–Crippen LogP) is -3.21. The fourth-order valence-corrected chi connectivity index (χ4v) is 6.37. The van der Waals surface area contributed by atoms with Crippen LogP contribution < -0.4 is 55.3 Å². The number of rotatable bonds is 26. The highest BCUT2D eigenvalue weighted by Crippen LogP contribution is 2.20. The smallest absolute Gasteiger partial charge is 0.326 e. The van der Waals surface area contributed by atoms with E-state index in [1.54, 1.807) is 44.2 Å². The predicted molar refractivity (Wildman–Crippen MR) is 217 cm³/mol. The molecular weight excluding hydrogens is 768 g/mol. The van der Waals surface area contributed by atoms with Crippen molar-refractivity contribution in [2.45, 2.75) is 114 Å². The van der Waals surface area contributed by atoms with Gasteiger partial charge in [-0.05, 0) is 69.4 Å². The summed E-state index contributed by atoms with van der Waals surface area (Å²) in [5.74, 6) is -6.59. The number of amides is 7. The van der Waals surface area contributed by atoms with Crippen molar-refractivity contribution in [2.75, 3.05) is 26.2 Å². The summed E-state index contributed by atoms with van der Waals surface area (Å²) in [7, 11) is 0. The Labute approximate surface area is 343 Å². The lowest BCUT2D eigenvalue weighted by Crippen LogP contribution is -2.58. The number of hydrogen-bond donors (Lipinski definition) is 11. The molecule has 6 atom stereocenters. The number of hydrogen-bond acceptors (Lipinski definition) is 11. The number of likely N-dealkylation sites (tertiary alicyclic amines) is 1. The normalized spacial score (nSPS) is 16.1. The number of aliphatic carboxylic acids is 1. The van der Waals surface area contributed by atoms with E-state index in [0.29, 0.717) is 31.4 Å². The van der Waals surface area contributed by atoms with E-state index in [2.05, 4.69) is 31.6 Å². The van der Waals surface area contributed by atoms with Crippen molar-refractivity contribution in [1.82, 2.24) is 31.5 Å². The van der Waals surface area contributed by atoms with E-state index in [9.17, 15) is 43.5 Å². The summed E-state index contributed by atoms with van der Waals surface area (Å²) in [4.78, 5) is 109. The van der Waals surface area contributed by atoms with E-state index in [4.69, 9.17) is 28.7 Å². The Morgan fingerprint density at radius 2 is 1.51 bits per heavy atom. The van der Waals surface area contributed by atoms with Gasteiger partial charge in [0.2, 0.25) is 41.4 Å². The number of carboxylic acid groups (broad SMARTS) is 1. The highest BCUT2D eigenvalue weighted by Gasteiger charge is 2.39. The van der Waals surface area contributed by atoms with Crippen LogP contribution in [-0.4, -0.2) is 126 Å². The van der Waals surface area contributed by atoms with Gasteiger partial charge in [-0.3, -0.25) is 38.6 Å². The summed E-state index contributed by atoms with van der Waals surface area (Å²) in [6, 6.07) is 2.05. The van der Waals surface area contributed by atoms with Crippen LogP contribution in [0.15, 0.2) is 35.3 Å². The molecule has 0 radical (unpaired) electrons. The summed E-state index contributed by atoms with van der Waals surface area (Å²) < 4.78 is 0. The van der Waals surface area contributed by atoms with Crippen LogP contribution in [0.5, 0.6) is 0 Å². The van der Waals surface area contributed by atoms with Gasteiger partial charge in [-0.2, -0.15) is 0 Å². The van der Waals surface area contributed by atoms with Crippen LogP contribution >= 0.6 is 0 Å². The number of aliphatic imine (C=N–C) groups is 1. The second-order valence-corrected chi connectivity index (χ2v) is 14.8. The number of benzene rings is 1. The molecule has 1 saturated heterocycles. The van der Waals surface area contributed by atoms with Gasteiger partial charge in [-0.1, -0.05) is 44.2 Å². The Morgan fingerprint density at radius 3 is 2.12 bits per heavy atom. The molecule has 1 aromatic carbocycles. The van der Waals surface area contributed by atoms with Crippen LogP contribution in [0.2, 0.25) is 0 Å². The maximum absolute atomic E-state index is 14.1. The Hall–Kier alpha value is -5.83. The minimum absolute atomic E-state index is 0.0240. The van der Waals surface area contributed by atoms with Gasteiger partial charge in [-0.15, -0.1) is 0 Å². The molecule has 1 heterocycles. The van der Waals surface area contributed by atoms with Gasteiger partial charge in [0, 0.05) is 25.9 Å². The minimum atomic E-state index is -1.22. The molecule has 59 heavy (non-hydrogen) atoms. The van der Waals surface area contributed by atoms with Gasteiger partial charge in [0.05, 0.1) is 12.6 Å². The molecule has 0 unspecified atom stereocenters. The van der Waals surface area contributed by atoms with E-state index in [-0.39, 0.29) is 64.0 Å². The number of carbonyl (C=O) groups excluding carboxylic acids is 7. The fourth-order valence-electron chi connectivity index (χ4n) is 6.37. The highest BCUT2D eigenvalue weighted by molar-refractivity contribution is 5.96. The number of nitrogens with one attached hydrogen (secondary N) is 5. The van der Waals surface area contributed by atoms with Crippen LogP contribution in [0.25, 0.3) is 0 Å². The van der Waals surface area contributed by atoms with E-state index < -0.39 is 96.0 Å². The first-order chi connectivity index (χ1) is 27.9. The molecule has 1 aliphatic rings. The third-order valence-electron chi connectivity index (χ3n) is 9.60. The van der Waals surface area contributed by atoms with Crippen molar-refractivity contribution in [3.8, 4) is 0 Å². The number of guanidine groups is 1. The van der Waals surface area contributed by atoms with E-state index in [1.165, 1.54) is 4.90 Å². The Morgan fingerprint density at radius 1 is 0.831 bits per heavy atom. The number of primary amides is 1. The van der Waals surface area contributed by atoms with Gasteiger partial charge in [0.15, 0.2) is 5.96 Å². The van der Waals surface area contributed by atoms with Crippen molar-refractivity contribution in [1.29, 1.82) is 0 Å². The lowest BCUT2D eigenvalue weighted by Gasteiger charge is -2.30. The topological polar surface area (TPSA) is 363 Å². The van der Waals surface area contributed by atoms with Crippen LogP contribution in [0.1, 0.15) is 77.2 Å². The summed E-state index contributed by atoms with van der Waals surface area (Å²) in [5, 5.41) is 22.6. The van der Waals surface area contributed by atoms with Crippen LogP contribution in [0.3, 0.4) is 0 Å². The van der Waals surface area contributed by atoms with Crippen LogP contribution in [0, 0.1) is 5.92 Å². The summed E-state index contributed by atoms with van der Waals surface area (Å²) in [5.41, 5.74) is 28.1. The Kier molecular flexibility index (Phi) is 21.3. The number of nitrogens with two attached hydrogens (primary N) is 5.